The summed E-state index contributed by atoms with van der Waals surface area (Å²) in [5, 5.41) is 2.27. The third-order valence-electron chi connectivity index (χ3n) is 12.4. The number of hydrogen-bond donors (Lipinski definition) is 0. The van der Waals surface area contributed by atoms with Crippen LogP contribution in [0.2, 0.25) is 0 Å². The predicted molar refractivity (Wildman–Crippen MR) is 241 cm³/mol. The van der Waals surface area contributed by atoms with Crippen molar-refractivity contribution in [3.8, 4) is 78.7 Å². The van der Waals surface area contributed by atoms with Gasteiger partial charge in [0.05, 0.1) is 5.41 Å². The molecule has 0 saturated carbocycles. The Morgan fingerprint density at radius 2 is 0.661 bits per heavy atom. The van der Waals surface area contributed by atoms with E-state index in [4.69, 9.17) is 15.0 Å². The molecule has 59 heavy (non-hydrogen) atoms. The molecule has 0 saturated heterocycles. The molecule has 2 aliphatic carbocycles. The van der Waals surface area contributed by atoms with Crippen molar-refractivity contribution in [1.29, 1.82) is 0 Å². The van der Waals surface area contributed by atoms with Crippen molar-refractivity contribution < 1.29 is 0 Å². The fourth-order valence-corrected chi connectivity index (χ4v) is 9.81. The largest absolute Gasteiger partial charge is 0.208 e. The molecule has 2 aliphatic rings. The number of nitrogens with zero attached hydrogens (tertiary/aromatic N) is 3. The zero-order valence-electron chi connectivity index (χ0n) is 32.0. The molecule has 0 N–H and O–H groups in total. The highest BCUT2D eigenvalue weighted by Crippen LogP contribution is 2.64. The van der Waals surface area contributed by atoms with Crippen molar-refractivity contribution in [2.45, 2.75) is 5.41 Å². The van der Waals surface area contributed by atoms with E-state index in [0.717, 1.165) is 38.6 Å². The summed E-state index contributed by atoms with van der Waals surface area (Å²) in [5.74, 6) is 1.96. The van der Waals surface area contributed by atoms with Gasteiger partial charge in [-0.1, -0.05) is 212 Å². The average molecular weight is 750 g/mol. The monoisotopic (exact) mass is 749 g/mol. The van der Waals surface area contributed by atoms with Crippen LogP contribution in [0.25, 0.3) is 89.4 Å². The minimum Gasteiger partial charge on any atom is -0.208 e. The van der Waals surface area contributed by atoms with Crippen molar-refractivity contribution in [1.82, 2.24) is 15.0 Å². The van der Waals surface area contributed by atoms with Gasteiger partial charge in [0.15, 0.2) is 17.5 Å². The molecular weight excluding hydrogens is 715 g/mol. The number of hydrogen-bond acceptors (Lipinski definition) is 3. The number of fused-ring (bicyclic) bond motifs is 11. The number of benzene rings is 9. The Labute approximate surface area is 343 Å². The van der Waals surface area contributed by atoms with Crippen LogP contribution in [0, 0.1) is 0 Å². The summed E-state index contributed by atoms with van der Waals surface area (Å²) in [7, 11) is 0. The molecule has 1 heterocycles. The Morgan fingerprint density at radius 1 is 0.254 bits per heavy atom. The van der Waals surface area contributed by atoms with Crippen molar-refractivity contribution in [3.05, 3.63) is 235 Å². The van der Waals surface area contributed by atoms with Gasteiger partial charge in [0.2, 0.25) is 0 Å². The van der Waals surface area contributed by atoms with Crippen LogP contribution in [0.1, 0.15) is 22.3 Å². The highest BCUT2D eigenvalue weighted by atomic mass is 15.0. The van der Waals surface area contributed by atoms with Gasteiger partial charge < -0.3 is 0 Å². The molecule has 0 radical (unpaired) electrons. The van der Waals surface area contributed by atoms with Gasteiger partial charge in [-0.25, -0.2) is 15.0 Å². The average Bonchev–Trinajstić information content (AvgIpc) is 3.79. The summed E-state index contributed by atoms with van der Waals surface area (Å²) >= 11 is 0. The van der Waals surface area contributed by atoms with Crippen molar-refractivity contribution in [3.63, 3.8) is 0 Å². The lowest BCUT2D eigenvalue weighted by molar-refractivity contribution is 0.796. The standard InChI is InChI=1S/C56H35N3/c1-2-15-40(16-3-1)53-57-54(59-55(58-53)48-24-12-17-38-14-4-5-18-42(38)48)41-34-30-37(31-35-41)36-28-32-39(33-29-36)43-22-13-23-47-46-21-8-11-27-51(46)56(52(43)47)49-25-9-6-19-44(49)45-20-7-10-26-50(45)56/h1-35H. The Kier molecular flexibility index (Phi) is 7.45. The zero-order valence-corrected chi connectivity index (χ0v) is 32.0. The lowest BCUT2D eigenvalue weighted by Gasteiger charge is -2.32. The number of aromatic nitrogens is 3. The van der Waals surface area contributed by atoms with Gasteiger partial charge in [0.1, 0.15) is 0 Å². The molecule has 0 aliphatic heterocycles. The van der Waals surface area contributed by atoms with Gasteiger partial charge >= 0.3 is 0 Å². The molecule has 0 atom stereocenters. The van der Waals surface area contributed by atoms with Gasteiger partial charge in [-0.15, -0.1) is 0 Å². The normalized spacial score (nSPS) is 12.9. The van der Waals surface area contributed by atoms with E-state index in [2.05, 4.69) is 182 Å². The summed E-state index contributed by atoms with van der Waals surface area (Å²) in [5.41, 5.74) is 17.9. The zero-order chi connectivity index (χ0) is 38.9. The number of rotatable bonds is 5. The van der Waals surface area contributed by atoms with Crippen molar-refractivity contribution >= 4 is 10.8 Å². The summed E-state index contributed by atoms with van der Waals surface area (Å²) in [4.78, 5) is 15.1. The molecule has 1 spiro atoms. The van der Waals surface area contributed by atoms with E-state index in [9.17, 15) is 0 Å². The first kappa shape index (κ1) is 33.4. The molecule has 3 heteroatoms. The fourth-order valence-electron chi connectivity index (χ4n) is 9.81. The van der Waals surface area contributed by atoms with Gasteiger partial charge in [-0.05, 0) is 77.5 Å². The molecular formula is C56H35N3. The molecule has 1 aromatic heterocycles. The Bertz CT molecular complexity index is 3190. The maximum absolute atomic E-state index is 5.08. The van der Waals surface area contributed by atoms with Crippen LogP contribution in [0.5, 0.6) is 0 Å². The minimum atomic E-state index is -0.396. The SMILES string of the molecule is c1ccc(-c2nc(-c3ccc(-c4ccc(-c5cccc6c5C5(c7ccccc7-c7ccccc75)c5ccccc5-6)cc4)cc3)nc(-c3cccc4ccccc34)n2)cc1. The molecule has 0 fully saturated rings. The second-order valence-electron chi connectivity index (χ2n) is 15.5. The topological polar surface area (TPSA) is 38.7 Å². The molecule has 10 aromatic rings. The van der Waals surface area contributed by atoms with Crippen molar-refractivity contribution in [2.24, 2.45) is 0 Å². The Balaban J connectivity index is 0.935. The third kappa shape index (κ3) is 5.05. The van der Waals surface area contributed by atoms with Crippen LogP contribution in [-0.4, -0.2) is 15.0 Å². The third-order valence-corrected chi connectivity index (χ3v) is 12.4. The van der Waals surface area contributed by atoms with E-state index in [-0.39, 0.29) is 0 Å². The maximum atomic E-state index is 5.08. The Morgan fingerprint density at radius 3 is 1.31 bits per heavy atom. The molecule has 0 bridgehead atoms. The fraction of sp³-hybridized carbons (Fsp3) is 0.0179. The first-order valence-electron chi connectivity index (χ1n) is 20.2. The summed E-state index contributed by atoms with van der Waals surface area (Å²) < 4.78 is 0. The lowest BCUT2D eigenvalue weighted by Crippen LogP contribution is -2.26. The van der Waals surface area contributed by atoms with E-state index in [1.54, 1.807) is 0 Å². The molecule has 9 aromatic carbocycles. The van der Waals surface area contributed by atoms with Gasteiger partial charge in [-0.2, -0.15) is 0 Å². The summed E-state index contributed by atoms with van der Waals surface area (Å²) in [6.45, 7) is 0. The molecule has 0 unspecified atom stereocenters. The van der Waals surface area contributed by atoms with E-state index >= 15 is 0 Å². The van der Waals surface area contributed by atoms with Crippen LogP contribution in [-0.2, 0) is 5.41 Å². The molecule has 3 nitrogen and oxygen atoms in total. The van der Waals surface area contributed by atoms with Gasteiger partial charge in [0, 0.05) is 16.7 Å². The second-order valence-corrected chi connectivity index (χ2v) is 15.5. The first-order chi connectivity index (χ1) is 29.3. The Hall–Kier alpha value is -7.75. The van der Waals surface area contributed by atoms with E-state index in [1.807, 2.05) is 30.3 Å². The highest BCUT2D eigenvalue weighted by molar-refractivity contribution is 5.99. The van der Waals surface area contributed by atoms with E-state index in [0.29, 0.717) is 17.5 Å². The van der Waals surface area contributed by atoms with Crippen molar-refractivity contribution in [2.75, 3.05) is 0 Å². The highest BCUT2D eigenvalue weighted by Gasteiger charge is 2.52. The first-order valence-corrected chi connectivity index (χ1v) is 20.2. The van der Waals surface area contributed by atoms with E-state index in [1.165, 1.54) is 55.6 Å². The second kappa shape index (κ2) is 13.2. The van der Waals surface area contributed by atoms with Crippen LogP contribution in [0.4, 0.5) is 0 Å². The van der Waals surface area contributed by atoms with E-state index < -0.39 is 5.41 Å². The predicted octanol–water partition coefficient (Wildman–Crippen LogP) is 13.7. The molecule has 0 amide bonds. The smallest absolute Gasteiger partial charge is 0.164 e. The van der Waals surface area contributed by atoms with Crippen LogP contribution in [0.3, 0.4) is 0 Å². The van der Waals surface area contributed by atoms with Crippen LogP contribution < -0.4 is 0 Å². The maximum Gasteiger partial charge on any atom is 0.164 e. The lowest BCUT2D eigenvalue weighted by atomic mass is 9.68. The van der Waals surface area contributed by atoms with Gasteiger partial charge in [0.25, 0.3) is 0 Å². The molecule has 12 rings (SSSR count). The van der Waals surface area contributed by atoms with Crippen LogP contribution >= 0.6 is 0 Å². The summed E-state index contributed by atoms with van der Waals surface area (Å²) in [6.07, 6.45) is 0. The summed E-state index contributed by atoms with van der Waals surface area (Å²) in [6, 6.07) is 76.4. The van der Waals surface area contributed by atoms with Crippen LogP contribution in [0.15, 0.2) is 212 Å². The van der Waals surface area contributed by atoms with Gasteiger partial charge in [-0.3, -0.25) is 0 Å². The molecule has 274 valence electrons. The minimum absolute atomic E-state index is 0.396. The quantitative estimate of drug-likeness (QED) is 0.176.